The number of hydrogen-bond donors (Lipinski definition) is 1. The van der Waals surface area contributed by atoms with Gasteiger partial charge in [0.1, 0.15) is 0 Å². The van der Waals surface area contributed by atoms with E-state index < -0.39 is 0 Å². The summed E-state index contributed by atoms with van der Waals surface area (Å²) in [5, 5.41) is 8.37. The molecule has 2 aromatic rings. The van der Waals surface area contributed by atoms with Crippen molar-refractivity contribution in [2.24, 2.45) is 9.98 Å². The topological polar surface area (TPSA) is 40.0 Å². The third-order valence-electron chi connectivity index (χ3n) is 4.52. The van der Waals surface area contributed by atoms with Gasteiger partial charge in [-0.3, -0.25) is 4.99 Å². The van der Waals surface area contributed by atoms with Crippen molar-refractivity contribution in [3.05, 3.63) is 68.1 Å². The first-order valence-electron chi connectivity index (χ1n) is 8.39. The van der Waals surface area contributed by atoms with Gasteiger partial charge in [-0.1, -0.05) is 51.1 Å². The van der Waals surface area contributed by atoms with Gasteiger partial charge in [-0.05, 0) is 52.9 Å². The lowest BCUT2D eigenvalue weighted by Gasteiger charge is -2.27. The minimum Gasteiger partial charge on any atom is -0.335 e. The molecule has 3 aliphatic rings. The van der Waals surface area contributed by atoms with Crippen LogP contribution in [0, 0.1) is 0 Å². The number of benzene rings is 2. The monoisotopic (exact) mass is 476 g/mol. The lowest BCUT2D eigenvalue weighted by atomic mass is 10.1. The number of hydrogen-bond acceptors (Lipinski definition) is 6. The number of halogens is 2. The molecule has 0 bridgehead atoms. The van der Waals surface area contributed by atoms with E-state index in [4.69, 9.17) is 16.6 Å². The molecule has 0 aliphatic carbocycles. The number of thioether (sulfide) groups is 2. The number of rotatable bonds is 2. The van der Waals surface area contributed by atoms with E-state index in [9.17, 15) is 0 Å². The van der Waals surface area contributed by atoms with Gasteiger partial charge in [0.05, 0.1) is 18.8 Å². The third-order valence-corrected chi connectivity index (χ3v) is 7.11. The van der Waals surface area contributed by atoms with Crippen molar-refractivity contribution in [1.82, 2.24) is 4.90 Å². The van der Waals surface area contributed by atoms with E-state index in [0.29, 0.717) is 6.54 Å². The van der Waals surface area contributed by atoms with E-state index in [1.165, 1.54) is 11.3 Å². The second-order valence-corrected chi connectivity index (χ2v) is 9.47. The first-order valence-corrected chi connectivity index (χ1v) is 11.4. The summed E-state index contributed by atoms with van der Waals surface area (Å²) in [4.78, 5) is 11.7. The Morgan fingerprint density at radius 2 is 2.15 bits per heavy atom. The smallest absolute Gasteiger partial charge is 0.173 e. The normalized spacial score (nSPS) is 17.3. The number of aliphatic imine (C=N–C) groups is 2. The van der Waals surface area contributed by atoms with Crippen LogP contribution in [0.15, 0.2) is 62.0 Å². The molecule has 2 aromatic carbocycles. The summed E-state index contributed by atoms with van der Waals surface area (Å²) >= 11 is 13.1. The van der Waals surface area contributed by atoms with Crippen molar-refractivity contribution in [3.63, 3.8) is 0 Å². The molecule has 1 N–H and O–H groups in total. The van der Waals surface area contributed by atoms with Gasteiger partial charge in [0, 0.05) is 26.6 Å². The molecule has 0 amide bonds. The van der Waals surface area contributed by atoms with Gasteiger partial charge in [-0.2, -0.15) is 0 Å². The molecular formula is C19H14BrClN4S2. The molecule has 8 heteroatoms. The first-order chi connectivity index (χ1) is 13.2. The number of amidine groups is 2. The van der Waals surface area contributed by atoms with Crippen molar-refractivity contribution in [2.75, 3.05) is 11.1 Å². The molecule has 0 aromatic heterocycles. The Bertz CT molecular complexity index is 1030. The number of fused-ring (bicyclic) bond motifs is 3. The van der Waals surface area contributed by atoms with Crippen LogP contribution in [0.1, 0.15) is 11.1 Å². The van der Waals surface area contributed by atoms with E-state index in [1.54, 1.807) is 23.5 Å². The molecule has 0 unspecified atom stereocenters. The van der Waals surface area contributed by atoms with Crippen LogP contribution in [0.2, 0.25) is 5.02 Å². The Hall–Kier alpha value is -1.41. The van der Waals surface area contributed by atoms with Crippen molar-refractivity contribution >= 4 is 72.8 Å². The number of nitrogens with zero attached hydrogens (tertiary/aromatic N) is 3. The molecule has 5 rings (SSSR count). The average molecular weight is 478 g/mol. The summed E-state index contributed by atoms with van der Waals surface area (Å²) in [6, 6.07) is 12.2. The number of nitrogens with one attached hydrogen (secondary N) is 1. The van der Waals surface area contributed by atoms with Crippen LogP contribution in [0.3, 0.4) is 0 Å². The standard InChI is InChI=1S/C19H14BrClN4S2/c20-13-1-3-16-11(5-13)7-22-18(23-16)26-9-15-10-27-19-24-17-4-2-14(21)6-12(17)8-25(15)19/h1-6,10H,7-9H2,(H,22,23). The number of anilines is 1. The Morgan fingerprint density at radius 3 is 3.07 bits per heavy atom. The molecule has 3 heterocycles. The van der Waals surface area contributed by atoms with Crippen LogP contribution in [-0.4, -0.2) is 21.0 Å². The Balaban J connectivity index is 1.27. The molecule has 3 aliphatic heterocycles. The summed E-state index contributed by atoms with van der Waals surface area (Å²) in [5.41, 5.74) is 5.77. The Morgan fingerprint density at radius 1 is 1.22 bits per heavy atom. The van der Waals surface area contributed by atoms with Crippen LogP contribution in [0.5, 0.6) is 0 Å². The Labute approximate surface area is 179 Å². The lowest BCUT2D eigenvalue weighted by Crippen LogP contribution is -2.28. The molecule has 136 valence electrons. The maximum atomic E-state index is 6.15. The largest absolute Gasteiger partial charge is 0.335 e. The van der Waals surface area contributed by atoms with Gasteiger partial charge in [0.2, 0.25) is 0 Å². The predicted molar refractivity (Wildman–Crippen MR) is 121 cm³/mol. The summed E-state index contributed by atoms with van der Waals surface area (Å²) in [6.45, 7) is 1.52. The van der Waals surface area contributed by atoms with Crippen LogP contribution < -0.4 is 5.32 Å². The fraction of sp³-hybridized carbons (Fsp3) is 0.158. The van der Waals surface area contributed by atoms with E-state index in [1.807, 2.05) is 18.2 Å². The zero-order valence-electron chi connectivity index (χ0n) is 14.1. The average Bonchev–Trinajstić information content (AvgIpc) is 3.06. The highest BCUT2D eigenvalue weighted by Gasteiger charge is 2.28. The second kappa shape index (κ2) is 7.20. The Kier molecular flexibility index (Phi) is 4.71. The van der Waals surface area contributed by atoms with E-state index in [2.05, 4.69) is 54.7 Å². The molecule has 0 radical (unpaired) electrons. The maximum Gasteiger partial charge on any atom is 0.173 e. The second-order valence-electron chi connectivity index (χ2n) is 6.32. The molecule has 0 saturated heterocycles. The van der Waals surface area contributed by atoms with Gasteiger partial charge in [0.25, 0.3) is 0 Å². The van der Waals surface area contributed by atoms with Gasteiger partial charge in [-0.15, -0.1) is 0 Å². The predicted octanol–water partition coefficient (Wildman–Crippen LogP) is 6.21. The van der Waals surface area contributed by atoms with Gasteiger partial charge >= 0.3 is 0 Å². The molecule has 0 fully saturated rings. The van der Waals surface area contributed by atoms with Crippen LogP contribution in [0.4, 0.5) is 11.4 Å². The highest BCUT2D eigenvalue weighted by atomic mass is 79.9. The minimum atomic E-state index is 0.709. The van der Waals surface area contributed by atoms with Crippen molar-refractivity contribution < 1.29 is 0 Å². The highest BCUT2D eigenvalue weighted by molar-refractivity contribution is 9.10. The van der Waals surface area contributed by atoms with Gasteiger partial charge < -0.3 is 10.2 Å². The molecule has 0 atom stereocenters. The zero-order chi connectivity index (χ0) is 18.4. The SMILES string of the molecule is Clc1ccc2c(c1)CN1C(CSC3=NCc4cc(Br)ccc4N3)=CSC1=N2. The van der Waals surface area contributed by atoms with E-state index in [-0.39, 0.29) is 0 Å². The molecular weight excluding hydrogens is 464 g/mol. The van der Waals surface area contributed by atoms with Gasteiger partial charge in [-0.25, -0.2) is 4.99 Å². The summed E-state index contributed by atoms with van der Waals surface area (Å²) in [5.74, 6) is 0.847. The summed E-state index contributed by atoms with van der Waals surface area (Å²) in [6.07, 6.45) is 0. The van der Waals surface area contributed by atoms with Crippen LogP contribution in [-0.2, 0) is 13.1 Å². The lowest BCUT2D eigenvalue weighted by molar-refractivity contribution is 0.519. The molecule has 27 heavy (non-hydrogen) atoms. The van der Waals surface area contributed by atoms with Crippen LogP contribution >= 0.6 is 51.1 Å². The molecule has 0 saturated carbocycles. The maximum absolute atomic E-state index is 6.15. The first kappa shape index (κ1) is 17.7. The van der Waals surface area contributed by atoms with Gasteiger partial charge in [0.15, 0.2) is 10.3 Å². The summed E-state index contributed by atoms with van der Waals surface area (Å²) in [7, 11) is 0. The molecule has 4 nitrogen and oxygen atoms in total. The quantitative estimate of drug-likeness (QED) is 0.558. The van der Waals surface area contributed by atoms with E-state index >= 15 is 0 Å². The van der Waals surface area contributed by atoms with Crippen molar-refractivity contribution in [2.45, 2.75) is 13.1 Å². The van der Waals surface area contributed by atoms with E-state index in [0.717, 1.165) is 49.1 Å². The summed E-state index contributed by atoms with van der Waals surface area (Å²) < 4.78 is 1.08. The highest BCUT2D eigenvalue weighted by Crippen LogP contribution is 2.39. The third kappa shape index (κ3) is 3.53. The minimum absolute atomic E-state index is 0.709. The fourth-order valence-electron chi connectivity index (χ4n) is 3.15. The van der Waals surface area contributed by atoms with Crippen molar-refractivity contribution in [3.8, 4) is 0 Å². The zero-order valence-corrected chi connectivity index (χ0v) is 18.1. The molecule has 0 spiro atoms. The van der Waals surface area contributed by atoms with Crippen LogP contribution in [0.25, 0.3) is 0 Å². The van der Waals surface area contributed by atoms with Crippen molar-refractivity contribution in [1.29, 1.82) is 0 Å². The fourth-order valence-corrected chi connectivity index (χ4v) is 5.64.